The number of esters is 2. The zero-order valence-electron chi connectivity index (χ0n) is 21.9. The third-order valence-electron chi connectivity index (χ3n) is 9.76. The monoisotopic (exact) mass is 544 g/mol. The first kappa shape index (κ1) is 27.6. The van der Waals surface area contributed by atoms with Gasteiger partial charge in [0.2, 0.25) is 0 Å². The smallest absolute Gasteiger partial charge is 0.312 e. The van der Waals surface area contributed by atoms with Crippen molar-refractivity contribution in [3.05, 3.63) is 0 Å². The zero-order valence-corrected chi connectivity index (χ0v) is 21.9. The van der Waals surface area contributed by atoms with Crippen molar-refractivity contribution in [2.24, 2.45) is 52.8 Å². The Kier molecular flexibility index (Phi) is 6.95. The first-order chi connectivity index (χ1) is 17.6. The largest absolute Gasteiger partial charge is 0.459 e. The van der Waals surface area contributed by atoms with Gasteiger partial charge in [-0.1, -0.05) is 0 Å². The molecular formula is C28H36F4O6. The predicted molar refractivity (Wildman–Crippen MR) is 125 cm³/mol. The van der Waals surface area contributed by atoms with Crippen LogP contribution in [0, 0.1) is 52.8 Å². The number of ether oxygens (including phenoxy) is 2. The first-order valence-electron chi connectivity index (χ1n) is 13.8. The second kappa shape index (κ2) is 9.58. The minimum absolute atomic E-state index is 0.0408. The molecule has 0 aliphatic heterocycles. The molecule has 8 saturated carbocycles. The Morgan fingerprint density at radius 1 is 0.763 bits per heavy atom. The van der Waals surface area contributed by atoms with Gasteiger partial charge in [0.1, 0.15) is 11.6 Å². The summed E-state index contributed by atoms with van der Waals surface area (Å²) in [6, 6.07) is 0. The van der Waals surface area contributed by atoms with Crippen molar-refractivity contribution in [2.45, 2.75) is 83.5 Å². The lowest BCUT2D eigenvalue weighted by molar-refractivity contribution is -0.181. The van der Waals surface area contributed by atoms with E-state index >= 15 is 0 Å². The van der Waals surface area contributed by atoms with Crippen LogP contribution in [0.2, 0.25) is 0 Å². The van der Waals surface area contributed by atoms with Crippen LogP contribution in [-0.2, 0) is 28.7 Å². The zero-order chi connectivity index (χ0) is 27.6. The van der Waals surface area contributed by atoms with E-state index < -0.39 is 48.3 Å². The molecule has 38 heavy (non-hydrogen) atoms. The van der Waals surface area contributed by atoms with Gasteiger partial charge in [-0.2, -0.15) is 0 Å². The topological polar surface area (TPSA) is 86.7 Å². The van der Waals surface area contributed by atoms with Crippen molar-refractivity contribution in [3.63, 3.8) is 0 Å². The van der Waals surface area contributed by atoms with Crippen LogP contribution in [0.15, 0.2) is 0 Å². The summed E-state index contributed by atoms with van der Waals surface area (Å²) >= 11 is 0. The van der Waals surface area contributed by atoms with E-state index in [9.17, 15) is 36.7 Å². The van der Waals surface area contributed by atoms with E-state index in [1.165, 1.54) is 0 Å². The highest BCUT2D eigenvalue weighted by Gasteiger charge is 2.59. The molecule has 8 bridgehead atoms. The SMILES string of the molecule is CC(F)(F)COC(=O)C12CC3CC(C1)C(=O)C(C3)C2.CC(F)(F)COC(=O)C1C2CC3CC(C2)C(=O)C1C3. The molecule has 7 unspecified atom stereocenters. The molecule has 7 atom stereocenters. The van der Waals surface area contributed by atoms with Gasteiger partial charge in [0.05, 0.1) is 11.3 Å². The Morgan fingerprint density at radius 3 is 1.95 bits per heavy atom. The minimum Gasteiger partial charge on any atom is -0.459 e. The molecule has 8 aliphatic carbocycles. The van der Waals surface area contributed by atoms with E-state index in [2.05, 4.69) is 0 Å². The van der Waals surface area contributed by atoms with Crippen molar-refractivity contribution in [3.8, 4) is 0 Å². The lowest BCUT2D eigenvalue weighted by Crippen LogP contribution is -2.55. The van der Waals surface area contributed by atoms with Gasteiger partial charge in [-0.25, -0.2) is 17.6 Å². The molecule has 212 valence electrons. The van der Waals surface area contributed by atoms with Crippen molar-refractivity contribution in [1.82, 2.24) is 0 Å². The van der Waals surface area contributed by atoms with Crippen LogP contribution in [0.25, 0.3) is 0 Å². The number of carbonyl (C=O) groups is 4. The first-order valence-corrected chi connectivity index (χ1v) is 13.8. The maximum Gasteiger partial charge on any atom is 0.312 e. The molecule has 0 saturated heterocycles. The van der Waals surface area contributed by atoms with Gasteiger partial charge in [0.25, 0.3) is 11.8 Å². The maximum absolute atomic E-state index is 12.8. The van der Waals surface area contributed by atoms with E-state index in [1.807, 2.05) is 0 Å². The summed E-state index contributed by atoms with van der Waals surface area (Å²) in [5.74, 6) is -6.27. The van der Waals surface area contributed by atoms with Crippen molar-refractivity contribution in [1.29, 1.82) is 0 Å². The Hall–Kier alpha value is -2.00. The van der Waals surface area contributed by atoms with Crippen LogP contribution in [-0.4, -0.2) is 48.6 Å². The Labute approximate surface area is 219 Å². The minimum atomic E-state index is -3.01. The molecule has 0 spiro atoms. The molecule has 0 radical (unpaired) electrons. The summed E-state index contributed by atoms with van der Waals surface area (Å²) in [7, 11) is 0. The maximum atomic E-state index is 12.8. The number of rotatable bonds is 6. The third kappa shape index (κ3) is 5.37. The molecule has 8 rings (SSSR count). The number of ketones is 2. The van der Waals surface area contributed by atoms with E-state index in [0.29, 0.717) is 31.1 Å². The lowest BCUT2D eigenvalue weighted by atomic mass is 9.49. The summed E-state index contributed by atoms with van der Waals surface area (Å²) in [4.78, 5) is 48.3. The van der Waals surface area contributed by atoms with Crippen LogP contribution < -0.4 is 0 Å². The fourth-order valence-corrected chi connectivity index (χ4v) is 8.63. The molecule has 0 N–H and O–H groups in total. The standard InChI is InChI=1S/2C14H18F2O3/c1-13(15,16)7-19-12(18)14-4-8-2-9(5-14)11(17)10(3-8)6-14;1-14(15,16)6-19-13(18)11-8-2-7-3-9(5-8)12(17)10(11)4-7/h8-10H,2-7H2,1H3;7-11H,2-6H2,1H3. The summed E-state index contributed by atoms with van der Waals surface area (Å²) in [5.41, 5.74) is -0.657. The van der Waals surface area contributed by atoms with Crippen molar-refractivity contribution < 1.29 is 46.2 Å². The number of halogens is 4. The van der Waals surface area contributed by atoms with Gasteiger partial charge in [-0.05, 0) is 75.5 Å². The van der Waals surface area contributed by atoms with Gasteiger partial charge >= 0.3 is 11.9 Å². The Morgan fingerprint density at radius 2 is 1.34 bits per heavy atom. The molecule has 8 aliphatic rings. The third-order valence-corrected chi connectivity index (χ3v) is 9.76. The number of hydrogen-bond acceptors (Lipinski definition) is 6. The Balaban J connectivity index is 0.000000155. The fourth-order valence-electron chi connectivity index (χ4n) is 8.63. The van der Waals surface area contributed by atoms with E-state index in [4.69, 9.17) is 9.47 Å². The van der Waals surface area contributed by atoms with Crippen LogP contribution in [0.5, 0.6) is 0 Å². The quantitative estimate of drug-likeness (QED) is 0.345. The Bertz CT molecular complexity index is 982. The van der Waals surface area contributed by atoms with E-state index in [1.54, 1.807) is 0 Å². The second-order valence-corrected chi connectivity index (χ2v) is 13.2. The average Bonchev–Trinajstić information content (AvgIpc) is 2.81. The van der Waals surface area contributed by atoms with Gasteiger partial charge in [-0.15, -0.1) is 0 Å². The van der Waals surface area contributed by atoms with Crippen molar-refractivity contribution in [2.75, 3.05) is 13.2 Å². The van der Waals surface area contributed by atoms with Crippen LogP contribution in [0.4, 0.5) is 17.6 Å². The highest BCUT2D eigenvalue weighted by Crippen LogP contribution is 2.59. The number of Topliss-reactive ketones (excluding diaryl/α,β-unsaturated/α-hetero) is 2. The molecule has 8 fully saturated rings. The molecule has 0 aromatic heterocycles. The van der Waals surface area contributed by atoms with Gasteiger partial charge in [0, 0.05) is 37.5 Å². The molecular weight excluding hydrogens is 508 g/mol. The molecule has 6 nitrogen and oxygen atoms in total. The summed E-state index contributed by atoms with van der Waals surface area (Å²) in [5, 5.41) is 0. The van der Waals surface area contributed by atoms with Crippen LogP contribution in [0.1, 0.15) is 71.6 Å². The number of hydrogen-bond donors (Lipinski definition) is 0. The lowest BCUT2D eigenvalue weighted by Gasteiger charge is -2.53. The normalized spacial score (nSPS) is 40.6. The summed E-state index contributed by atoms with van der Waals surface area (Å²) in [6.07, 6.45) is 6.86. The van der Waals surface area contributed by atoms with Crippen molar-refractivity contribution >= 4 is 23.5 Å². The molecule has 0 amide bonds. The fraction of sp³-hybridized carbons (Fsp3) is 0.857. The number of alkyl halides is 4. The molecule has 0 aromatic rings. The van der Waals surface area contributed by atoms with Crippen LogP contribution in [0.3, 0.4) is 0 Å². The predicted octanol–water partition coefficient (Wildman–Crippen LogP) is 5.02. The second-order valence-electron chi connectivity index (χ2n) is 13.2. The van der Waals surface area contributed by atoms with Gasteiger partial charge in [-0.3, -0.25) is 19.2 Å². The summed E-state index contributed by atoms with van der Waals surface area (Å²) < 4.78 is 60.6. The van der Waals surface area contributed by atoms with E-state index in [-0.39, 0.29) is 41.2 Å². The summed E-state index contributed by atoms with van der Waals surface area (Å²) in [6.45, 7) is -0.282. The average molecular weight is 545 g/mol. The van der Waals surface area contributed by atoms with Gasteiger partial charge in [0.15, 0.2) is 13.2 Å². The highest BCUT2D eigenvalue weighted by atomic mass is 19.3. The highest BCUT2D eigenvalue weighted by molar-refractivity contribution is 5.91. The molecule has 10 heteroatoms. The van der Waals surface area contributed by atoms with Crippen LogP contribution >= 0.6 is 0 Å². The molecule has 0 aromatic carbocycles. The molecule has 0 heterocycles. The van der Waals surface area contributed by atoms with Gasteiger partial charge < -0.3 is 9.47 Å². The number of carbonyl (C=O) groups excluding carboxylic acids is 4. The van der Waals surface area contributed by atoms with E-state index in [0.717, 1.165) is 52.4 Å².